The maximum absolute atomic E-state index is 14.5. The Balaban J connectivity index is 2.01. The van der Waals surface area contributed by atoms with E-state index in [1.165, 1.54) is 31.2 Å². The lowest BCUT2D eigenvalue weighted by atomic mass is 9.93. The largest absolute Gasteiger partial charge is 0.373 e. The highest BCUT2D eigenvalue weighted by Gasteiger charge is 2.26. The van der Waals surface area contributed by atoms with E-state index in [4.69, 9.17) is 4.74 Å². The van der Waals surface area contributed by atoms with E-state index >= 15 is 0 Å². The first-order chi connectivity index (χ1) is 11.4. The van der Waals surface area contributed by atoms with Gasteiger partial charge in [0.1, 0.15) is 0 Å². The summed E-state index contributed by atoms with van der Waals surface area (Å²) in [7, 11) is 0. The van der Waals surface area contributed by atoms with Crippen molar-refractivity contribution >= 4 is 0 Å². The van der Waals surface area contributed by atoms with Crippen LogP contribution in [0.25, 0.3) is 11.1 Å². The Hall–Kier alpha value is -1.88. The molecule has 1 saturated heterocycles. The minimum absolute atomic E-state index is 0.110. The summed E-state index contributed by atoms with van der Waals surface area (Å²) in [5.41, 5.74) is -0.356. The molecular weight excluding hydrogens is 320 g/mol. The molecule has 2 unspecified atom stereocenters. The van der Waals surface area contributed by atoms with Gasteiger partial charge in [0.25, 0.3) is 0 Å². The van der Waals surface area contributed by atoms with Gasteiger partial charge in [-0.2, -0.15) is 0 Å². The summed E-state index contributed by atoms with van der Waals surface area (Å²) in [6, 6.07) is 5.27. The SMILES string of the molecule is Cc1ccc(-c2ccc(C3CCC(C)CO3)c(F)c2F)c(F)c1F. The van der Waals surface area contributed by atoms with Crippen molar-refractivity contribution in [3.8, 4) is 11.1 Å². The second-order valence-electron chi connectivity index (χ2n) is 6.39. The van der Waals surface area contributed by atoms with Gasteiger partial charge in [0.05, 0.1) is 6.10 Å². The summed E-state index contributed by atoms with van der Waals surface area (Å²) in [4.78, 5) is 0. The number of benzene rings is 2. The van der Waals surface area contributed by atoms with E-state index in [9.17, 15) is 17.6 Å². The van der Waals surface area contributed by atoms with Gasteiger partial charge in [0.15, 0.2) is 23.3 Å². The summed E-state index contributed by atoms with van der Waals surface area (Å²) in [5, 5.41) is 0. The lowest BCUT2D eigenvalue weighted by molar-refractivity contribution is -0.0144. The lowest BCUT2D eigenvalue weighted by Gasteiger charge is -2.27. The minimum atomic E-state index is -1.18. The van der Waals surface area contributed by atoms with Crippen LogP contribution in [-0.4, -0.2) is 6.61 Å². The molecule has 5 heteroatoms. The van der Waals surface area contributed by atoms with Crippen molar-refractivity contribution in [2.45, 2.75) is 32.8 Å². The topological polar surface area (TPSA) is 9.23 Å². The van der Waals surface area contributed by atoms with Crippen molar-refractivity contribution in [1.82, 2.24) is 0 Å². The maximum Gasteiger partial charge on any atom is 0.167 e. The summed E-state index contributed by atoms with van der Waals surface area (Å²) >= 11 is 0. The zero-order chi connectivity index (χ0) is 17.4. The summed E-state index contributed by atoms with van der Waals surface area (Å²) in [6.07, 6.45) is 0.958. The van der Waals surface area contributed by atoms with Crippen molar-refractivity contribution in [1.29, 1.82) is 0 Å². The van der Waals surface area contributed by atoms with E-state index in [0.717, 1.165) is 6.42 Å². The fourth-order valence-corrected chi connectivity index (χ4v) is 3.00. The number of halogens is 4. The predicted octanol–water partition coefficient (Wildman–Crippen LogP) is 5.71. The second kappa shape index (κ2) is 6.55. The van der Waals surface area contributed by atoms with Crippen molar-refractivity contribution < 1.29 is 22.3 Å². The third-order valence-electron chi connectivity index (χ3n) is 4.53. The molecule has 24 heavy (non-hydrogen) atoms. The first-order valence-corrected chi connectivity index (χ1v) is 7.94. The van der Waals surface area contributed by atoms with Gasteiger partial charge < -0.3 is 4.74 Å². The monoisotopic (exact) mass is 338 g/mol. The Kier molecular flexibility index (Phi) is 4.63. The molecule has 1 nitrogen and oxygen atoms in total. The van der Waals surface area contributed by atoms with Gasteiger partial charge >= 0.3 is 0 Å². The van der Waals surface area contributed by atoms with Gasteiger partial charge in [-0.15, -0.1) is 0 Å². The molecule has 128 valence electrons. The summed E-state index contributed by atoms with van der Waals surface area (Å²) in [5.74, 6) is -4.09. The highest BCUT2D eigenvalue weighted by molar-refractivity contribution is 5.66. The van der Waals surface area contributed by atoms with E-state index in [0.29, 0.717) is 18.9 Å². The van der Waals surface area contributed by atoms with Gasteiger partial charge in [0.2, 0.25) is 0 Å². The van der Waals surface area contributed by atoms with Gasteiger partial charge in [-0.1, -0.05) is 31.2 Å². The Morgan fingerprint density at radius 3 is 2.08 bits per heavy atom. The van der Waals surface area contributed by atoms with Gasteiger partial charge in [-0.3, -0.25) is 0 Å². The third kappa shape index (κ3) is 2.93. The number of rotatable bonds is 2. The van der Waals surface area contributed by atoms with Gasteiger partial charge in [-0.25, -0.2) is 17.6 Å². The fraction of sp³-hybridized carbons (Fsp3) is 0.368. The van der Waals surface area contributed by atoms with Gasteiger partial charge in [0, 0.05) is 23.3 Å². The number of hydrogen-bond donors (Lipinski definition) is 0. The Labute approximate surface area is 138 Å². The quantitative estimate of drug-likeness (QED) is 0.638. The van der Waals surface area contributed by atoms with E-state index in [1.54, 1.807) is 0 Å². The number of hydrogen-bond acceptors (Lipinski definition) is 1. The van der Waals surface area contributed by atoms with E-state index in [2.05, 4.69) is 0 Å². The molecule has 2 atom stereocenters. The van der Waals surface area contributed by atoms with Crippen LogP contribution in [0.5, 0.6) is 0 Å². The van der Waals surface area contributed by atoms with E-state index in [-0.39, 0.29) is 22.3 Å². The normalized spacial score (nSPS) is 21.1. The fourth-order valence-electron chi connectivity index (χ4n) is 3.00. The molecule has 0 radical (unpaired) electrons. The van der Waals surface area contributed by atoms with Crippen molar-refractivity contribution in [2.75, 3.05) is 6.61 Å². The maximum atomic E-state index is 14.5. The highest BCUT2D eigenvalue weighted by atomic mass is 19.2. The molecule has 1 fully saturated rings. The Bertz CT molecular complexity index is 764. The van der Waals surface area contributed by atoms with E-state index in [1.807, 2.05) is 6.92 Å². The smallest absolute Gasteiger partial charge is 0.167 e. The highest BCUT2D eigenvalue weighted by Crippen LogP contribution is 2.36. The van der Waals surface area contributed by atoms with Crippen LogP contribution in [-0.2, 0) is 4.74 Å². The zero-order valence-electron chi connectivity index (χ0n) is 13.5. The minimum Gasteiger partial charge on any atom is -0.373 e. The van der Waals surface area contributed by atoms with Crippen LogP contribution >= 0.6 is 0 Å². The molecule has 0 amide bonds. The molecular formula is C19H18F4O. The standard InChI is InChI=1S/C19H18F4O/c1-10-3-8-15(24-9-10)14-7-6-13(18(22)19(14)23)12-5-4-11(2)16(20)17(12)21/h4-7,10,15H,3,8-9H2,1-2H3. The molecule has 0 bridgehead atoms. The summed E-state index contributed by atoms with van der Waals surface area (Å²) < 4.78 is 62.3. The van der Waals surface area contributed by atoms with Crippen molar-refractivity contribution in [2.24, 2.45) is 5.92 Å². The Morgan fingerprint density at radius 2 is 1.46 bits per heavy atom. The molecule has 3 rings (SSSR count). The lowest BCUT2D eigenvalue weighted by Crippen LogP contribution is -2.19. The van der Waals surface area contributed by atoms with Crippen LogP contribution in [0.3, 0.4) is 0 Å². The molecule has 1 aliphatic rings. The summed E-state index contributed by atoms with van der Waals surface area (Å²) in [6.45, 7) is 3.93. The first-order valence-electron chi connectivity index (χ1n) is 7.94. The van der Waals surface area contributed by atoms with Gasteiger partial charge in [-0.05, 0) is 31.2 Å². The number of ether oxygens (including phenoxy) is 1. The van der Waals surface area contributed by atoms with E-state index < -0.39 is 29.4 Å². The van der Waals surface area contributed by atoms with Crippen LogP contribution in [0, 0.1) is 36.1 Å². The average molecular weight is 338 g/mol. The molecule has 1 heterocycles. The molecule has 1 aliphatic heterocycles. The molecule has 0 N–H and O–H groups in total. The van der Waals surface area contributed by atoms with Crippen LogP contribution in [0.1, 0.15) is 37.0 Å². The van der Waals surface area contributed by atoms with Crippen LogP contribution in [0.2, 0.25) is 0 Å². The predicted molar refractivity (Wildman–Crippen MR) is 83.5 cm³/mol. The van der Waals surface area contributed by atoms with Crippen LogP contribution in [0.15, 0.2) is 24.3 Å². The van der Waals surface area contributed by atoms with Crippen LogP contribution in [0.4, 0.5) is 17.6 Å². The molecule has 0 aromatic heterocycles. The number of aryl methyl sites for hydroxylation is 1. The molecule has 0 aliphatic carbocycles. The second-order valence-corrected chi connectivity index (χ2v) is 6.39. The molecule has 0 spiro atoms. The molecule has 2 aromatic carbocycles. The zero-order valence-corrected chi connectivity index (χ0v) is 13.5. The molecule has 0 saturated carbocycles. The van der Waals surface area contributed by atoms with Crippen molar-refractivity contribution in [3.63, 3.8) is 0 Å². The molecule has 2 aromatic rings. The Morgan fingerprint density at radius 1 is 0.833 bits per heavy atom. The average Bonchev–Trinajstić information content (AvgIpc) is 2.57. The third-order valence-corrected chi connectivity index (χ3v) is 4.53. The van der Waals surface area contributed by atoms with Crippen LogP contribution < -0.4 is 0 Å². The first kappa shape index (κ1) is 17.0. The van der Waals surface area contributed by atoms with Crippen molar-refractivity contribution in [3.05, 3.63) is 58.7 Å².